The maximum absolute atomic E-state index is 15.1. The van der Waals surface area contributed by atoms with Crippen molar-refractivity contribution in [3.8, 4) is 11.1 Å². The zero-order valence-electron chi connectivity index (χ0n) is 21.4. The number of allylic oxidation sites excluding steroid dienone is 1. The number of anilines is 2. The molecule has 1 saturated heterocycles. The zero-order chi connectivity index (χ0) is 27.1. The lowest BCUT2D eigenvalue weighted by atomic mass is 9.88. The molecular weight excluding hydrogens is 536 g/mol. The Morgan fingerprint density at radius 3 is 2.51 bits per heavy atom. The molecule has 8 heteroatoms. The van der Waals surface area contributed by atoms with Crippen molar-refractivity contribution >= 4 is 46.2 Å². The lowest BCUT2D eigenvalue weighted by Crippen LogP contribution is -2.26. The normalized spacial score (nSPS) is 19.4. The Kier molecular flexibility index (Phi) is 7.27. The minimum atomic E-state index is -0.340. The Labute approximate surface area is 237 Å². The lowest BCUT2D eigenvalue weighted by Gasteiger charge is -2.29. The maximum atomic E-state index is 15.1. The Hall–Kier alpha value is -3.06. The third kappa shape index (κ3) is 5.25. The van der Waals surface area contributed by atoms with Gasteiger partial charge in [0.15, 0.2) is 0 Å². The molecule has 1 heterocycles. The van der Waals surface area contributed by atoms with Gasteiger partial charge >= 0.3 is 0 Å². The summed E-state index contributed by atoms with van der Waals surface area (Å²) < 4.78 is 15.1. The first-order chi connectivity index (χ1) is 18.9. The number of aliphatic hydroxyl groups is 1. The van der Waals surface area contributed by atoms with Gasteiger partial charge in [-0.2, -0.15) is 0 Å². The molecule has 0 bridgehead atoms. The van der Waals surface area contributed by atoms with Crippen molar-refractivity contribution in [3.63, 3.8) is 0 Å². The second-order valence-corrected chi connectivity index (χ2v) is 11.4. The molecule has 2 aliphatic carbocycles. The van der Waals surface area contributed by atoms with Gasteiger partial charge in [-0.3, -0.25) is 4.79 Å². The number of carbonyl (C=O) groups is 1. The molecule has 0 radical (unpaired) electrons. The van der Waals surface area contributed by atoms with Crippen LogP contribution in [-0.4, -0.2) is 37.3 Å². The van der Waals surface area contributed by atoms with Gasteiger partial charge in [0, 0.05) is 41.5 Å². The Morgan fingerprint density at radius 1 is 1.03 bits per heavy atom. The molecule has 3 fully saturated rings. The summed E-state index contributed by atoms with van der Waals surface area (Å²) in [5.41, 5.74) is 6.37. The predicted molar refractivity (Wildman–Crippen MR) is 156 cm³/mol. The molecule has 3 aromatic rings. The van der Waals surface area contributed by atoms with E-state index in [0.29, 0.717) is 33.0 Å². The van der Waals surface area contributed by atoms with Crippen LogP contribution in [0.15, 0.2) is 60.2 Å². The molecule has 1 amide bonds. The number of halogens is 3. The van der Waals surface area contributed by atoms with E-state index in [2.05, 4.69) is 21.6 Å². The van der Waals surface area contributed by atoms with E-state index in [1.165, 1.54) is 18.1 Å². The van der Waals surface area contributed by atoms with Crippen molar-refractivity contribution in [2.24, 2.45) is 11.8 Å². The molecule has 0 spiro atoms. The second-order valence-electron chi connectivity index (χ2n) is 10.6. The van der Waals surface area contributed by atoms with Gasteiger partial charge < -0.3 is 20.6 Å². The molecule has 1 aliphatic heterocycles. The SMILES string of the molecule is O=C(NCCO)c1ccc(Cl)c(-c2ccc(NC(=C3CCC3)c3c(F)cccc3Cl)c(N3CC4CC4C3)c2)c1. The minimum absolute atomic E-state index is 0.127. The van der Waals surface area contributed by atoms with Crippen LogP contribution in [0.25, 0.3) is 16.8 Å². The van der Waals surface area contributed by atoms with Gasteiger partial charge in [0.2, 0.25) is 0 Å². The average molecular weight is 567 g/mol. The molecule has 0 aromatic heterocycles. The number of piperidine rings is 1. The number of fused-ring (bicyclic) bond motifs is 1. The van der Waals surface area contributed by atoms with Gasteiger partial charge in [0.1, 0.15) is 5.82 Å². The highest BCUT2D eigenvalue weighted by molar-refractivity contribution is 6.33. The van der Waals surface area contributed by atoms with E-state index in [1.807, 2.05) is 12.1 Å². The third-order valence-electron chi connectivity index (χ3n) is 8.04. The smallest absolute Gasteiger partial charge is 0.251 e. The van der Waals surface area contributed by atoms with E-state index >= 15 is 4.39 Å². The molecule has 3 aromatic carbocycles. The van der Waals surface area contributed by atoms with Crippen LogP contribution in [0.4, 0.5) is 15.8 Å². The molecule has 2 unspecified atom stereocenters. The summed E-state index contributed by atoms with van der Waals surface area (Å²) in [4.78, 5) is 14.9. The fourth-order valence-corrected chi connectivity index (χ4v) is 6.11. The monoisotopic (exact) mass is 565 g/mol. The van der Waals surface area contributed by atoms with E-state index < -0.39 is 0 Å². The molecule has 3 N–H and O–H groups in total. The first-order valence-corrected chi connectivity index (χ1v) is 14.2. The van der Waals surface area contributed by atoms with E-state index in [9.17, 15) is 4.79 Å². The van der Waals surface area contributed by atoms with Crippen molar-refractivity contribution in [3.05, 3.63) is 87.2 Å². The second kappa shape index (κ2) is 10.8. The lowest BCUT2D eigenvalue weighted by molar-refractivity contribution is 0.0945. The summed E-state index contributed by atoms with van der Waals surface area (Å²) in [6, 6.07) is 16.1. The number of rotatable bonds is 8. The number of carbonyl (C=O) groups excluding carboxylic acids is 1. The van der Waals surface area contributed by atoms with E-state index in [0.717, 1.165) is 60.6 Å². The molecule has 3 aliphatic rings. The van der Waals surface area contributed by atoms with Gasteiger partial charge in [-0.15, -0.1) is 0 Å². The van der Waals surface area contributed by atoms with Crippen LogP contribution in [0.2, 0.25) is 10.0 Å². The highest BCUT2D eigenvalue weighted by Gasteiger charge is 2.45. The summed E-state index contributed by atoms with van der Waals surface area (Å²) >= 11 is 13.1. The number of amides is 1. The standard InChI is InChI=1S/C31H30Cl2FN3O2/c32-24-9-7-20(31(39)35-11-12-38)14-23(24)19-8-10-27(28(15-19)37-16-21-13-22(21)17-37)36-30(18-3-1-4-18)29-25(33)5-2-6-26(29)34/h2,5-10,14-15,21-22,36,38H,1,3-4,11-13,16-17H2,(H,35,39). The molecule has 5 nitrogen and oxygen atoms in total. The van der Waals surface area contributed by atoms with Crippen LogP contribution in [0.5, 0.6) is 0 Å². The molecule has 2 saturated carbocycles. The van der Waals surface area contributed by atoms with Gasteiger partial charge in [-0.25, -0.2) is 4.39 Å². The van der Waals surface area contributed by atoms with E-state index in [4.69, 9.17) is 28.3 Å². The van der Waals surface area contributed by atoms with Crippen LogP contribution in [-0.2, 0) is 0 Å². The minimum Gasteiger partial charge on any atom is -0.395 e. The largest absolute Gasteiger partial charge is 0.395 e. The van der Waals surface area contributed by atoms with Gasteiger partial charge in [-0.05, 0) is 91.1 Å². The van der Waals surface area contributed by atoms with Gasteiger partial charge in [0.25, 0.3) is 5.91 Å². The number of hydrogen-bond acceptors (Lipinski definition) is 4. The summed E-state index contributed by atoms with van der Waals surface area (Å²) in [6.07, 6.45) is 4.18. The number of benzene rings is 3. The van der Waals surface area contributed by atoms with Crippen molar-refractivity contribution in [2.75, 3.05) is 36.5 Å². The summed E-state index contributed by atoms with van der Waals surface area (Å²) in [7, 11) is 0. The molecule has 39 heavy (non-hydrogen) atoms. The number of hydrogen-bond donors (Lipinski definition) is 3. The van der Waals surface area contributed by atoms with Crippen molar-refractivity contribution in [2.45, 2.75) is 25.7 Å². The highest BCUT2D eigenvalue weighted by atomic mass is 35.5. The molecule has 202 valence electrons. The Balaban J connectivity index is 1.40. The van der Waals surface area contributed by atoms with Crippen LogP contribution in [0.1, 0.15) is 41.6 Å². The maximum Gasteiger partial charge on any atom is 0.251 e. The molecule has 6 rings (SSSR count). The first-order valence-electron chi connectivity index (χ1n) is 13.4. The third-order valence-corrected chi connectivity index (χ3v) is 8.68. The quantitative estimate of drug-likeness (QED) is 0.275. The fraction of sp³-hybridized carbons (Fsp3) is 0.323. The molecule has 2 atom stereocenters. The molecular formula is C31H30Cl2FN3O2. The number of nitrogens with one attached hydrogen (secondary N) is 2. The summed E-state index contributed by atoms with van der Waals surface area (Å²) in [6.45, 7) is 2.01. The number of aliphatic hydroxyl groups excluding tert-OH is 1. The highest BCUT2D eigenvalue weighted by Crippen LogP contribution is 2.49. The van der Waals surface area contributed by atoms with Crippen molar-refractivity contribution in [1.29, 1.82) is 0 Å². The van der Waals surface area contributed by atoms with Crippen molar-refractivity contribution < 1.29 is 14.3 Å². The Morgan fingerprint density at radius 2 is 1.82 bits per heavy atom. The van der Waals surface area contributed by atoms with E-state index in [-0.39, 0.29) is 24.9 Å². The van der Waals surface area contributed by atoms with Gasteiger partial charge in [-0.1, -0.05) is 35.3 Å². The van der Waals surface area contributed by atoms with Gasteiger partial charge in [0.05, 0.1) is 28.6 Å². The van der Waals surface area contributed by atoms with Crippen LogP contribution >= 0.6 is 23.2 Å². The van der Waals surface area contributed by atoms with Crippen molar-refractivity contribution in [1.82, 2.24) is 5.32 Å². The first kappa shape index (κ1) is 26.2. The summed E-state index contributed by atoms with van der Waals surface area (Å²) in [5, 5.41) is 16.3. The van der Waals surface area contributed by atoms with E-state index in [1.54, 1.807) is 30.3 Å². The zero-order valence-corrected chi connectivity index (χ0v) is 23.0. The topological polar surface area (TPSA) is 64.6 Å². The summed E-state index contributed by atoms with van der Waals surface area (Å²) in [5.74, 6) is 0.829. The Bertz CT molecular complexity index is 1440. The van der Waals surface area contributed by atoms with Crippen LogP contribution in [0.3, 0.4) is 0 Å². The number of nitrogens with zero attached hydrogens (tertiary/aromatic N) is 1. The van der Waals surface area contributed by atoms with Crippen LogP contribution in [0, 0.1) is 17.7 Å². The average Bonchev–Trinajstić information content (AvgIpc) is 3.51. The van der Waals surface area contributed by atoms with Crippen LogP contribution < -0.4 is 15.5 Å². The predicted octanol–water partition coefficient (Wildman–Crippen LogP) is 6.98. The fourth-order valence-electron chi connectivity index (χ4n) is 5.62.